The molecule has 1 heterocycles. The molecule has 0 amide bonds. The quantitative estimate of drug-likeness (QED) is 0.782. The van der Waals surface area contributed by atoms with Gasteiger partial charge in [0.05, 0.1) is 0 Å². The molecule has 0 bridgehead atoms. The lowest BCUT2D eigenvalue weighted by Crippen LogP contribution is -2.29. The highest BCUT2D eigenvalue weighted by Gasteiger charge is 2.10. The van der Waals surface area contributed by atoms with Crippen LogP contribution in [0.25, 0.3) is 0 Å². The van der Waals surface area contributed by atoms with Crippen molar-refractivity contribution in [1.29, 1.82) is 0 Å². The van der Waals surface area contributed by atoms with Crippen molar-refractivity contribution in [1.82, 2.24) is 4.90 Å². The topological polar surface area (TPSA) is 3.24 Å². The van der Waals surface area contributed by atoms with Crippen molar-refractivity contribution < 1.29 is 0 Å². The molecule has 2 heteroatoms. The fraction of sp³-hybridized carbons (Fsp3) is 0.417. The maximum atomic E-state index is 3.50. The molecule has 0 N–H and O–H groups in total. The van der Waals surface area contributed by atoms with Gasteiger partial charge in [0, 0.05) is 11.0 Å². The van der Waals surface area contributed by atoms with Gasteiger partial charge in [0.1, 0.15) is 0 Å². The van der Waals surface area contributed by atoms with Gasteiger partial charge >= 0.3 is 0 Å². The van der Waals surface area contributed by atoms with Gasteiger partial charge < -0.3 is 0 Å². The van der Waals surface area contributed by atoms with Crippen molar-refractivity contribution in [3.8, 4) is 0 Å². The Morgan fingerprint density at radius 3 is 2.71 bits per heavy atom. The van der Waals surface area contributed by atoms with E-state index in [0.29, 0.717) is 0 Å². The van der Waals surface area contributed by atoms with Crippen LogP contribution in [0.1, 0.15) is 18.4 Å². The van der Waals surface area contributed by atoms with Crippen LogP contribution in [0, 0.1) is 6.42 Å². The van der Waals surface area contributed by atoms with Crippen LogP contribution >= 0.6 is 15.9 Å². The van der Waals surface area contributed by atoms with Crippen LogP contribution < -0.4 is 0 Å². The SMILES string of the molecule is Brc1cccc(CN2CC[CH]CC2)c1. The summed E-state index contributed by atoms with van der Waals surface area (Å²) in [5, 5.41) is 0. The maximum absolute atomic E-state index is 3.50. The largest absolute Gasteiger partial charge is 0.299 e. The number of piperidine rings is 1. The first-order chi connectivity index (χ1) is 6.84. The minimum Gasteiger partial charge on any atom is -0.299 e. The van der Waals surface area contributed by atoms with Gasteiger partial charge in [-0.15, -0.1) is 0 Å². The third kappa shape index (κ3) is 2.82. The molecule has 1 aliphatic heterocycles. The molecule has 14 heavy (non-hydrogen) atoms. The van der Waals surface area contributed by atoms with E-state index < -0.39 is 0 Å². The predicted molar refractivity (Wildman–Crippen MR) is 63.0 cm³/mol. The monoisotopic (exact) mass is 252 g/mol. The second-order valence-electron chi connectivity index (χ2n) is 3.77. The zero-order valence-corrected chi connectivity index (χ0v) is 9.83. The Bertz CT molecular complexity index is 292. The fourth-order valence-corrected chi connectivity index (χ4v) is 2.30. The second kappa shape index (κ2) is 4.94. The lowest BCUT2D eigenvalue weighted by molar-refractivity contribution is 0.246. The molecule has 1 aromatic carbocycles. The van der Waals surface area contributed by atoms with E-state index >= 15 is 0 Å². The smallest absolute Gasteiger partial charge is 0.0234 e. The third-order valence-corrected chi connectivity index (χ3v) is 3.09. The van der Waals surface area contributed by atoms with E-state index in [1.54, 1.807) is 0 Å². The molecular weight excluding hydrogens is 238 g/mol. The molecule has 0 unspecified atom stereocenters. The summed E-state index contributed by atoms with van der Waals surface area (Å²) in [6.45, 7) is 3.52. The molecule has 1 fully saturated rings. The number of likely N-dealkylation sites (tertiary alicyclic amines) is 1. The van der Waals surface area contributed by atoms with E-state index in [1.165, 1.54) is 36.0 Å². The zero-order valence-electron chi connectivity index (χ0n) is 8.25. The molecule has 1 aliphatic rings. The van der Waals surface area contributed by atoms with Crippen LogP contribution in [-0.2, 0) is 6.54 Å². The van der Waals surface area contributed by atoms with Crippen molar-refractivity contribution in [2.45, 2.75) is 19.4 Å². The first-order valence-corrected chi connectivity index (χ1v) is 5.92. The van der Waals surface area contributed by atoms with Crippen molar-refractivity contribution in [3.63, 3.8) is 0 Å². The van der Waals surface area contributed by atoms with Gasteiger partial charge in [-0.25, -0.2) is 0 Å². The number of nitrogens with zero attached hydrogens (tertiary/aromatic N) is 1. The molecule has 0 aromatic heterocycles. The maximum Gasteiger partial charge on any atom is 0.0234 e. The Morgan fingerprint density at radius 2 is 2.00 bits per heavy atom. The zero-order chi connectivity index (χ0) is 9.80. The number of benzene rings is 1. The summed E-state index contributed by atoms with van der Waals surface area (Å²) in [5.74, 6) is 0. The predicted octanol–water partition coefficient (Wildman–Crippen LogP) is 3.25. The highest BCUT2D eigenvalue weighted by Crippen LogP contribution is 2.15. The first-order valence-electron chi connectivity index (χ1n) is 5.13. The standard InChI is InChI=1S/C12H15BrN/c13-12-6-4-5-11(9-12)10-14-7-2-1-3-8-14/h1,4-6,9H,2-3,7-8,10H2. The van der Waals surface area contributed by atoms with Crippen molar-refractivity contribution in [2.75, 3.05) is 13.1 Å². The molecule has 0 aliphatic carbocycles. The van der Waals surface area contributed by atoms with E-state index in [-0.39, 0.29) is 0 Å². The Morgan fingerprint density at radius 1 is 1.21 bits per heavy atom. The average Bonchev–Trinajstić information content (AvgIpc) is 2.19. The first kappa shape index (κ1) is 10.2. The van der Waals surface area contributed by atoms with Crippen LogP contribution in [0.15, 0.2) is 28.7 Å². The van der Waals surface area contributed by atoms with E-state index in [9.17, 15) is 0 Å². The summed E-state index contributed by atoms with van der Waals surface area (Å²) in [5.41, 5.74) is 1.40. The molecule has 0 atom stereocenters. The number of rotatable bonds is 2. The molecule has 1 aromatic rings. The Hall–Kier alpha value is -0.340. The van der Waals surface area contributed by atoms with E-state index in [1.807, 2.05) is 0 Å². The molecule has 2 rings (SSSR count). The van der Waals surface area contributed by atoms with Crippen LogP contribution in [0.4, 0.5) is 0 Å². The molecule has 1 saturated heterocycles. The van der Waals surface area contributed by atoms with Crippen molar-refractivity contribution >= 4 is 15.9 Å². The van der Waals surface area contributed by atoms with Gasteiger partial charge in [-0.1, -0.05) is 28.1 Å². The van der Waals surface area contributed by atoms with Gasteiger partial charge in [0.2, 0.25) is 0 Å². The molecule has 1 nitrogen and oxygen atoms in total. The summed E-state index contributed by atoms with van der Waals surface area (Å²) in [6, 6.07) is 8.59. The molecular formula is C12H15BrN. The highest BCUT2D eigenvalue weighted by molar-refractivity contribution is 9.10. The second-order valence-corrected chi connectivity index (χ2v) is 4.69. The van der Waals surface area contributed by atoms with E-state index in [4.69, 9.17) is 0 Å². The van der Waals surface area contributed by atoms with Crippen molar-refractivity contribution in [2.24, 2.45) is 0 Å². The Balaban J connectivity index is 1.95. The van der Waals surface area contributed by atoms with Crippen LogP contribution in [-0.4, -0.2) is 18.0 Å². The van der Waals surface area contributed by atoms with E-state index in [0.717, 1.165) is 6.54 Å². The number of hydrogen-bond donors (Lipinski definition) is 0. The lowest BCUT2D eigenvalue weighted by Gasteiger charge is -2.26. The molecule has 0 spiro atoms. The Kier molecular flexibility index (Phi) is 3.60. The van der Waals surface area contributed by atoms with Gasteiger partial charge in [0.15, 0.2) is 0 Å². The Labute approximate surface area is 94.2 Å². The summed E-state index contributed by atoms with van der Waals surface area (Å²) in [4.78, 5) is 2.52. The summed E-state index contributed by atoms with van der Waals surface area (Å²) in [6.07, 6.45) is 4.87. The molecule has 75 valence electrons. The van der Waals surface area contributed by atoms with Gasteiger partial charge in [-0.2, -0.15) is 0 Å². The average molecular weight is 253 g/mol. The lowest BCUT2D eigenvalue weighted by atomic mass is 10.1. The van der Waals surface area contributed by atoms with E-state index in [2.05, 4.69) is 51.5 Å². The number of hydrogen-bond acceptors (Lipinski definition) is 1. The molecule has 1 radical (unpaired) electrons. The summed E-state index contributed by atoms with van der Waals surface area (Å²) in [7, 11) is 0. The van der Waals surface area contributed by atoms with Crippen LogP contribution in [0.2, 0.25) is 0 Å². The molecule has 0 saturated carbocycles. The fourth-order valence-electron chi connectivity index (χ4n) is 1.86. The van der Waals surface area contributed by atoms with Gasteiger partial charge in [0.25, 0.3) is 0 Å². The van der Waals surface area contributed by atoms with Gasteiger partial charge in [-0.05, 0) is 50.0 Å². The number of halogens is 1. The van der Waals surface area contributed by atoms with Crippen LogP contribution in [0.5, 0.6) is 0 Å². The third-order valence-electron chi connectivity index (χ3n) is 2.59. The van der Waals surface area contributed by atoms with Crippen LogP contribution in [0.3, 0.4) is 0 Å². The highest BCUT2D eigenvalue weighted by atomic mass is 79.9. The van der Waals surface area contributed by atoms with Crippen molar-refractivity contribution in [3.05, 3.63) is 40.7 Å². The summed E-state index contributed by atoms with van der Waals surface area (Å²) < 4.78 is 1.18. The normalized spacial score (nSPS) is 18.4. The minimum atomic E-state index is 1.09. The minimum absolute atomic E-state index is 1.09. The summed E-state index contributed by atoms with van der Waals surface area (Å²) >= 11 is 3.50. The van der Waals surface area contributed by atoms with Gasteiger partial charge in [-0.3, -0.25) is 4.90 Å².